The predicted octanol–water partition coefficient (Wildman–Crippen LogP) is 3.57. The van der Waals surface area contributed by atoms with Gasteiger partial charge in [-0.25, -0.2) is 0 Å². The van der Waals surface area contributed by atoms with Crippen LogP contribution in [0.2, 0.25) is 0 Å². The van der Waals surface area contributed by atoms with Crippen molar-refractivity contribution in [3.63, 3.8) is 0 Å². The Bertz CT molecular complexity index is 399. The van der Waals surface area contributed by atoms with Crippen LogP contribution in [0.25, 0.3) is 0 Å². The average molecular weight is 351 g/mol. The van der Waals surface area contributed by atoms with Gasteiger partial charge in [-0.3, -0.25) is 4.79 Å². The Morgan fingerprint density at radius 3 is 2.56 bits per heavy atom. The average Bonchev–Trinajstić information content (AvgIpc) is 2.16. The Kier molecular flexibility index (Phi) is 4.38. The number of anilines is 1. The molecule has 1 rings (SSSR count). The third kappa shape index (κ3) is 3.49. The monoisotopic (exact) mass is 349 g/mol. The molecule has 88 valence electrons. The lowest BCUT2D eigenvalue weighted by atomic mass is 10.2. The van der Waals surface area contributed by atoms with Gasteiger partial charge < -0.3 is 10.1 Å². The molecule has 0 bridgehead atoms. The highest BCUT2D eigenvalue weighted by molar-refractivity contribution is 9.10. The van der Waals surface area contributed by atoms with E-state index in [1.165, 1.54) is 0 Å². The second kappa shape index (κ2) is 5.19. The van der Waals surface area contributed by atoms with Crippen LogP contribution in [0.15, 0.2) is 22.7 Å². The van der Waals surface area contributed by atoms with Crippen LogP contribution in [0.5, 0.6) is 5.75 Å². The third-order valence-corrected chi connectivity index (χ3v) is 2.80. The molecule has 0 spiro atoms. The van der Waals surface area contributed by atoms with Gasteiger partial charge in [0.25, 0.3) is 0 Å². The second-order valence-electron chi connectivity index (χ2n) is 3.77. The van der Waals surface area contributed by atoms with E-state index in [0.717, 1.165) is 4.47 Å². The Labute approximate surface area is 112 Å². The molecule has 0 saturated carbocycles. The minimum Gasteiger partial charge on any atom is -0.495 e. The van der Waals surface area contributed by atoms with Crippen molar-refractivity contribution in [1.82, 2.24) is 0 Å². The predicted molar refractivity (Wildman–Crippen MR) is 72.3 cm³/mol. The molecule has 0 atom stereocenters. The van der Waals surface area contributed by atoms with E-state index >= 15 is 0 Å². The zero-order chi connectivity index (χ0) is 12.3. The highest BCUT2D eigenvalue weighted by Crippen LogP contribution is 2.29. The number of nitrogens with one attached hydrogen (secondary N) is 1. The van der Waals surface area contributed by atoms with Crippen LogP contribution in [-0.2, 0) is 4.79 Å². The first kappa shape index (κ1) is 13.5. The van der Waals surface area contributed by atoms with E-state index in [0.29, 0.717) is 11.4 Å². The molecule has 0 aromatic heterocycles. The quantitative estimate of drug-likeness (QED) is 0.846. The van der Waals surface area contributed by atoms with Gasteiger partial charge >= 0.3 is 0 Å². The number of hydrogen-bond acceptors (Lipinski definition) is 2. The maximum atomic E-state index is 11.8. The first-order chi connectivity index (χ1) is 7.34. The number of carbonyl (C=O) groups is 1. The zero-order valence-electron chi connectivity index (χ0n) is 9.30. The number of carbonyl (C=O) groups excluding carboxylic acids is 1. The molecule has 0 unspecified atom stereocenters. The Morgan fingerprint density at radius 1 is 1.44 bits per heavy atom. The van der Waals surface area contributed by atoms with Crippen molar-refractivity contribution in [3.05, 3.63) is 22.7 Å². The van der Waals surface area contributed by atoms with Gasteiger partial charge in [0.05, 0.1) is 17.1 Å². The SMILES string of the molecule is COc1ccc(Br)cc1NC(=O)C(C)(C)Br. The molecule has 1 amide bonds. The van der Waals surface area contributed by atoms with E-state index < -0.39 is 4.32 Å². The minimum absolute atomic E-state index is 0.121. The number of halogens is 2. The van der Waals surface area contributed by atoms with Gasteiger partial charge in [0.2, 0.25) is 5.91 Å². The fourth-order valence-corrected chi connectivity index (χ4v) is 1.51. The lowest BCUT2D eigenvalue weighted by Gasteiger charge is -2.17. The van der Waals surface area contributed by atoms with Gasteiger partial charge in [0.15, 0.2) is 0 Å². The molecule has 0 radical (unpaired) electrons. The molecule has 0 aliphatic rings. The number of hydrogen-bond donors (Lipinski definition) is 1. The molecule has 0 aliphatic heterocycles. The molecule has 0 fully saturated rings. The van der Waals surface area contributed by atoms with Gasteiger partial charge in [-0.1, -0.05) is 31.9 Å². The summed E-state index contributed by atoms with van der Waals surface area (Å²) in [5.41, 5.74) is 0.648. The molecular weight excluding hydrogens is 338 g/mol. The van der Waals surface area contributed by atoms with Crippen molar-refractivity contribution in [2.24, 2.45) is 0 Å². The Hall–Kier alpha value is -0.550. The van der Waals surface area contributed by atoms with Crippen LogP contribution in [0.1, 0.15) is 13.8 Å². The number of ether oxygens (including phenoxy) is 1. The van der Waals surface area contributed by atoms with Crippen LogP contribution >= 0.6 is 31.9 Å². The summed E-state index contributed by atoms with van der Waals surface area (Å²) in [6.07, 6.45) is 0. The first-order valence-corrected chi connectivity index (χ1v) is 6.27. The van der Waals surface area contributed by atoms with Gasteiger partial charge in [-0.15, -0.1) is 0 Å². The lowest BCUT2D eigenvalue weighted by Crippen LogP contribution is -2.31. The topological polar surface area (TPSA) is 38.3 Å². The van der Waals surface area contributed by atoms with Crippen LogP contribution in [0, 0.1) is 0 Å². The molecule has 1 aromatic carbocycles. The fraction of sp³-hybridized carbons (Fsp3) is 0.364. The number of rotatable bonds is 3. The molecule has 0 aliphatic carbocycles. The van der Waals surface area contributed by atoms with Crippen molar-refractivity contribution >= 4 is 43.5 Å². The van der Waals surface area contributed by atoms with E-state index in [1.54, 1.807) is 33.1 Å². The lowest BCUT2D eigenvalue weighted by molar-refractivity contribution is -0.117. The molecule has 16 heavy (non-hydrogen) atoms. The molecule has 1 aromatic rings. The Balaban J connectivity index is 2.96. The molecule has 0 saturated heterocycles. The zero-order valence-corrected chi connectivity index (χ0v) is 12.5. The number of alkyl halides is 1. The van der Waals surface area contributed by atoms with E-state index in [9.17, 15) is 4.79 Å². The van der Waals surface area contributed by atoms with Crippen molar-refractivity contribution in [3.8, 4) is 5.75 Å². The summed E-state index contributed by atoms with van der Waals surface area (Å²) in [6, 6.07) is 5.45. The Morgan fingerprint density at radius 2 is 2.06 bits per heavy atom. The van der Waals surface area contributed by atoms with Gasteiger partial charge in [0, 0.05) is 4.47 Å². The highest BCUT2D eigenvalue weighted by atomic mass is 79.9. The van der Waals surface area contributed by atoms with E-state index in [1.807, 2.05) is 6.07 Å². The summed E-state index contributed by atoms with van der Waals surface area (Å²) >= 11 is 6.65. The van der Waals surface area contributed by atoms with Crippen molar-refractivity contribution in [1.29, 1.82) is 0 Å². The fourth-order valence-electron chi connectivity index (χ4n) is 1.05. The van der Waals surface area contributed by atoms with Crippen LogP contribution in [0.4, 0.5) is 5.69 Å². The largest absolute Gasteiger partial charge is 0.495 e. The van der Waals surface area contributed by atoms with Gasteiger partial charge in [-0.2, -0.15) is 0 Å². The number of methoxy groups -OCH3 is 1. The summed E-state index contributed by atoms with van der Waals surface area (Å²) in [7, 11) is 1.57. The normalized spacial score (nSPS) is 11.1. The van der Waals surface area contributed by atoms with E-state index in [2.05, 4.69) is 37.2 Å². The van der Waals surface area contributed by atoms with Crippen molar-refractivity contribution in [2.75, 3.05) is 12.4 Å². The molecule has 0 heterocycles. The summed E-state index contributed by atoms with van der Waals surface area (Å²) in [4.78, 5) is 11.8. The minimum atomic E-state index is -0.611. The molecule has 3 nitrogen and oxygen atoms in total. The highest BCUT2D eigenvalue weighted by Gasteiger charge is 2.24. The summed E-state index contributed by atoms with van der Waals surface area (Å²) in [5, 5.41) is 2.80. The van der Waals surface area contributed by atoms with Crippen LogP contribution in [-0.4, -0.2) is 17.3 Å². The standard InChI is InChI=1S/C11H13Br2NO2/c1-11(2,13)10(15)14-8-6-7(12)4-5-9(8)16-3/h4-6H,1-3H3,(H,14,15). The maximum absolute atomic E-state index is 11.8. The third-order valence-electron chi connectivity index (χ3n) is 1.95. The molecular formula is C11H13Br2NO2. The van der Waals surface area contributed by atoms with E-state index in [-0.39, 0.29) is 5.91 Å². The summed E-state index contributed by atoms with van der Waals surface area (Å²) < 4.78 is 5.44. The molecule has 5 heteroatoms. The number of amides is 1. The van der Waals surface area contributed by atoms with E-state index in [4.69, 9.17) is 4.74 Å². The van der Waals surface area contributed by atoms with Gasteiger partial charge in [-0.05, 0) is 32.0 Å². The second-order valence-corrected chi connectivity index (χ2v) is 6.67. The summed E-state index contributed by atoms with van der Waals surface area (Å²) in [6.45, 7) is 3.57. The smallest absolute Gasteiger partial charge is 0.240 e. The molecule has 1 N–H and O–H groups in total. The first-order valence-electron chi connectivity index (χ1n) is 4.68. The maximum Gasteiger partial charge on any atom is 0.240 e. The van der Waals surface area contributed by atoms with Gasteiger partial charge in [0.1, 0.15) is 5.75 Å². The van der Waals surface area contributed by atoms with Crippen LogP contribution < -0.4 is 10.1 Å². The number of benzene rings is 1. The van der Waals surface area contributed by atoms with Crippen LogP contribution in [0.3, 0.4) is 0 Å². The van der Waals surface area contributed by atoms with Crippen molar-refractivity contribution in [2.45, 2.75) is 18.2 Å². The van der Waals surface area contributed by atoms with Crippen molar-refractivity contribution < 1.29 is 9.53 Å². The summed E-state index contributed by atoms with van der Waals surface area (Å²) in [5.74, 6) is 0.511.